The SMILES string of the molecule is COc1cccc([C@@H]2NCCc3[nH]cnc32)c1O. The molecule has 1 aliphatic rings. The van der Waals surface area contributed by atoms with Crippen LogP contribution in [-0.2, 0) is 6.42 Å². The summed E-state index contributed by atoms with van der Waals surface area (Å²) in [7, 11) is 1.55. The number of fused-ring (bicyclic) bond motifs is 1. The second-order valence-corrected chi connectivity index (χ2v) is 4.30. The number of ether oxygens (including phenoxy) is 1. The molecular weight excluding hydrogens is 230 g/mol. The summed E-state index contributed by atoms with van der Waals surface area (Å²) in [5.41, 5.74) is 2.87. The molecule has 0 saturated carbocycles. The fourth-order valence-electron chi connectivity index (χ4n) is 2.41. The van der Waals surface area contributed by atoms with Crippen molar-refractivity contribution >= 4 is 0 Å². The van der Waals surface area contributed by atoms with Gasteiger partial charge in [0.15, 0.2) is 11.5 Å². The molecule has 0 spiro atoms. The fourth-order valence-corrected chi connectivity index (χ4v) is 2.41. The Bertz CT molecular complexity index is 565. The largest absolute Gasteiger partial charge is 0.504 e. The maximum atomic E-state index is 10.2. The minimum atomic E-state index is -0.0879. The number of rotatable bonds is 2. The molecule has 0 unspecified atom stereocenters. The number of phenolic OH excluding ortho intramolecular Hbond substituents is 1. The standard InChI is InChI=1S/C13H15N3O2/c1-18-10-4-2-3-8(13(10)17)11-12-9(5-6-14-11)15-7-16-12/h2-4,7,11,14,17H,5-6H2,1H3,(H,15,16)/t11-/m0/s1. The van der Waals surface area contributed by atoms with E-state index in [1.165, 1.54) is 0 Å². The van der Waals surface area contributed by atoms with Gasteiger partial charge in [0, 0.05) is 24.2 Å². The first-order valence-corrected chi connectivity index (χ1v) is 5.92. The van der Waals surface area contributed by atoms with Crippen LogP contribution in [0, 0.1) is 0 Å². The highest BCUT2D eigenvalue weighted by atomic mass is 16.5. The zero-order chi connectivity index (χ0) is 12.5. The highest BCUT2D eigenvalue weighted by Crippen LogP contribution is 2.37. The first kappa shape index (κ1) is 11.1. The smallest absolute Gasteiger partial charge is 0.162 e. The van der Waals surface area contributed by atoms with Gasteiger partial charge in [-0.3, -0.25) is 0 Å². The Morgan fingerprint density at radius 2 is 2.33 bits per heavy atom. The lowest BCUT2D eigenvalue weighted by Gasteiger charge is -2.24. The first-order valence-electron chi connectivity index (χ1n) is 5.92. The van der Waals surface area contributed by atoms with Crippen LogP contribution >= 0.6 is 0 Å². The Labute approximate surface area is 105 Å². The molecule has 1 aromatic carbocycles. The van der Waals surface area contributed by atoms with E-state index in [0.29, 0.717) is 5.75 Å². The van der Waals surface area contributed by atoms with Crippen LogP contribution < -0.4 is 10.1 Å². The van der Waals surface area contributed by atoms with Crippen molar-refractivity contribution in [2.75, 3.05) is 13.7 Å². The Morgan fingerprint density at radius 1 is 1.44 bits per heavy atom. The molecule has 5 nitrogen and oxygen atoms in total. The summed E-state index contributed by atoms with van der Waals surface area (Å²) in [5.74, 6) is 0.658. The molecule has 0 fully saturated rings. The van der Waals surface area contributed by atoms with Gasteiger partial charge in [-0.15, -0.1) is 0 Å². The lowest BCUT2D eigenvalue weighted by molar-refractivity contribution is 0.367. The van der Waals surface area contributed by atoms with Gasteiger partial charge in [0.2, 0.25) is 0 Å². The highest BCUT2D eigenvalue weighted by molar-refractivity contribution is 5.49. The molecule has 1 aromatic heterocycles. The number of aromatic hydroxyl groups is 1. The van der Waals surface area contributed by atoms with Crippen LogP contribution in [0.4, 0.5) is 0 Å². The Morgan fingerprint density at radius 3 is 3.17 bits per heavy atom. The summed E-state index contributed by atoms with van der Waals surface area (Å²) >= 11 is 0. The third kappa shape index (κ3) is 1.64. The van der Waals surface area contributed by atoms with Crippen molar-refractivity contribution in [3.8, 4) is 11.5 Å². The number of para-hydroxylation sites is 1. The molecule has 3 rings (SSSR count). The maximum absolute atomic E-state index is 10.2. The number of phenols is 1. The molecule has 0 aliphatic carbocycles. The van der Waals surface area contributed by atoms with E-state index in [2.05, 4.69) is 15.3 Å². The zero-order valence-corrected chi connectivity index (χ0v) is 10.1. The molecule has 1 aliphatic heterocycles. The average Bonchev–Trinajstić information content (AvgIpc) is 2.87. The molecule has 1 atom stereocenters. The quantitative estimate of drug-likeness (QED) is 0.747. The van der Waals surface area contributed by atoms with Crippen LogP contribution in [0.3, 0.4) is 0 Å². The summed E-state index contributed by atoms with van der Waals surface area (Å²) in [5, 5.41) is 13.6. The molecule has 2 heterocycles. The van der Waals surface area contributed by atoms with Gasteiger partial charge in [-0.05, 0) is 6.07 Å². The summed E-state index contributed by atoms with van der Waals surface area (Å²) in [6.45, 7) is 0.858. The van der Waals surface area contributed by atoms with Crippen LogP contribution in [0.25, 0.3) is 0 Å². The number of aromatic nitrogens is 2. The minimum absolute atomic E-state index is 0.0879. The Kier molecular flexibility index (Phi) is 2.68. The topological polar surface area (TPSA) is 70.2 Å². The molecule has 0 radical (unpaired) electrons. The molecule has 0 saturated heterocycles. The van der Waals surface area contributed by atoms with Crippen LogP contribution in [0.2, 0.25) is 0 Å². The normalized spacial score (nSPS) is 18.4. The van der Waals surface area contributed by atoms with Crippen molar-refractivity contribution in [3.05, 3.63) is 41.5 Å². The van der Waals surface area contributed by atoms with Crippen LogP contribution in [0.5, 0.6) is 11.5 Å². The minimum Gasteiger partial charge on any atom is -0.504 e. The molecule has 0 bridgehead atoms. The molecule has 0 amide bonds. The molecule has 18 heavy (non-hydrogen) atoms. The van der Waals surface area contributed by atoms with E-state index in [1.807, 2.05) is 12.1 Å². The maximum Gasteiger partial charge on any atom is 0.162 e. The van der Waals surface area contributed by atoms with Crippen LogP contribution in [-0.4, -0.2) is 28.7 Å². The van der Waals surface area contributed by atoms with E-state index < -0.39 is 0 Å². The molecule has 3 N–H and O–H groups in total. The fraction of sp³-hybridized carbons (Fsp3) is 0.308. The predicted molar refractivity (Wildman–Crippen MR) is 66.8 cm³/mol. The van der Waals surface area contributed by atoms with E-state index >= 15 is 0 Å². The number of nitrogens with one attached hydrogen (secondary N) is 2. The predicted octanol–water partition coefficient (Wildman–Crippen LogP) is 1.36. The van der Waals surface area contributed by atoms with Gasteiger partial charge >= 0.3 is 0 Å². The summed E-state index contributed by atoms with van der Waals surface area (Å²) in [4.78, 5) is 7.48. The van der Waals surface area contributed by atoms with Crippen molar-refractivity contribution in [2.24, 2.45) is 0 Å². The van der Waals surface area contributed by atoms with Crippen molar-refractivity contribution in [2.45, 2.75) is 12.5 Å². The van der Waals surface area contributed by atoms with Crippen molar-refractivity contribution in [1.82, 2.24) is 15.3 Å². The van der Waals surface area contributed by atoms with Gasteiger partial charge < -0.3 is 20.1 Å². The lowest BCUT2D eigenvalue weighted by Crippen LogP contribution is -2.30. The highest BCUT2D eigenvalue weighted by Gasteiger charge is 2.26. The number of aromatic amines is 1. The zero-order valence-electron chi connectivity index (χ0n) is 10.1. The number of hydrogen-bond acceptors (Lipinski definition) is 4. The van der Waals surface area contributed by atoms with E-state index in [4.69, 9.17) is 4.74 Å². The number of benzene rings is 1. The van der Waals surface area contributed by atoms with E-state index in [0.717, 1.165) is 29.9 Å². The summed E-state index contributed by atoms with van der Waals surface area (Å²) in [6, 6.07) is 5.42. The van der Waals surface area contributed by atoms with Gasteiger partial charge in [-0.2, -0.15) is 0 Å². The number of imidazole rings is 1. The van der Waals surface area contributed by atoms with E-state index in [-0.39, 0.29) is 11.8 Å². The van der Waals surface area contributed by atoms with Gasteiger partial charge in [-0.25, -0.2) is 4.98 Å². The third-order valence-electron chi connectivity index (χ3n) is 3.31. The number of hydrogen-bond donors (Lipinski definition) is 3. The van der Waals surface area contributed by atoms with Crippen LogP contribution in [0.15, 0.2) is 24.5 Å². The van der Waals surface area contributed by atoms with Gasteiger partial charge in [0.05, 0.1) is 25.2 Å². The molecule has 5 heteroatoms. The molecule has 2 aromatic rings. The lowest BCUT2D eigenvalue weighted by atomic mass is 9.97. The summed E-state index contributed by atoms with van der Waals surface area (Å²) in [6.07, 6.45) is 2.62. The Balaban J connectivity index is 2.07. The monoisotopic (exact) mass is 245 g/mol. The van der Waals surface area contributed by atoms with Crippen molar-refractivity contribution in [3.63, 3.8) is 0 Å². The van der Waals surface area contributed by atoms with Crippen LogP contribution in [0.1, 0.15) is 23.0 Å². The van der Waals surface area contributed by atoms with E-state index in [1.54, 1.807) is 19.5 Å². The Hall–Kier alpha value is -2.01. The summed E-state index contributed by atoms with van der Waals surface area (Å²) < 4.78 is 5.14. The second kappa shape index (κ2) is 4.34. The molecular formula is C13H15N3O2. The van der Waals surface area contributed by atoms with Crippen molar-refractivity contribution < 1.29 is 9.84 Å². The van der Waals surface area contributed by atoms with Crippen molar-refractivity contribution in [1.29, 1.82) is 0 Å². The number of H-pyrrole nitrogens is 1. The van der Waals surface area contributed by atoms with Gasteiger partial charge in [-0.1, -0.05) is 12.1 Å². The number of nitrogens with zero attached hydrogens (tertiary/aromatic N) is 1. The molecule has 94 valence electrons. The third-order valence-corrected chi connectivity index (χ3v) is 3.31. The first-order chi connectivity index (χ1) is 8.81. The van der Waals surface area contributed by atoms with E-state index in [9.17, 15) is 5.11 Å². The van der Waals surface area contributed by atoms with Gasteiger partial charge in [0.1, 0.15) is 0 Å². The number of methoxy groups -OCH3 is 1. The second-order valence-electron chi connectivity index (χ2n) is 4.30. The average molecular weight is 245 g/mol. The van der Waals surface area contributed by atoms with Gasteiger partial charge in [0.25, 0.3) is 0 Å².